The van der Waals surface area contributed by atoms with E-state index in [1.54, 1.807) is 11.4 Å². The zero-order valence-corrected chi connectivity index (χ0v) is 9.79. The van der Waals surface area contributed by atoms with Gasteiger partial charge in [0.05, 0.1) is 5.56 Å². The Morgan fingerprint density at radius 3 is 2.56 bits per heavy atom. The van der Waals surface area contributed by atoms with E-state index in [4.69, 9.17) is 4.74 Å². The fourth-order valence-corrected chi connectivity index (χ4v) is 1.96. The molecule has 2 nitrogen and oxygen atoms in total. The van der Waals surface area contributed by atoms with Gasteiger partial charge in [-0.15, -0.1) is 0 Å². The summed E-state index contributed by atoms with van der Waals surface area (Å²) in [5.41, 5.74) is 1.83. The first kappa shape index (κ1) is 10.9. The summed E-state index contributed by atoms with van der Waals surface area (Å²) in [6.07, 6.45) is 0.985. The van der Waals surface area contributed by atoms with Gasteiger partial charge in [0.25, 0.3) is 0 Å². The number of benzene rings is 1. The molecule has 0 aliphatic heterocycles. The van der Waals surface area contributed by atoms with Crippen LogP contribution in [0.4, 0.5) is 0 Å². The Hall–Kier alpha value is -1.61. The monoisotopic (exact) mass is 232 g/mol. The van der Waals surface area contributed by atoms with Crippen LogP contribution >= 0.6 is 11.3 Å². The summed E-state index contributed by atoms with van der Waals surface area (Å²) in [7, 11) is 0. The number of hydrogen-bond acceptors (Lipinski definition) is 3. The second-order valence-electron chi connectivity index (χ2n) is 3.40. The minimum absolute atomic E-state index is 0.300. The Kier molecular flexibility index (Phi) is 3.37. The Bertz CT molecular complexity index is 457. The Morgan fingerprint density at radius 1 is 1.25 bits per heavy atom. The zero-order chi connectivity index (χ0) is 11.4. The Balaban J connectivity index is 2.06. The van der Waals surface area contributed by atoms with Crippen LogP contribution in [0.5, 0.6) is 5.75 Å². The molecule has 0 saturated carbocycles. The third kappa shape index (κ3) is 2.49. The molecule has 2 rings (SSSR count). The maximum absolute atomic E-state index is 11.6. The Morgan fingerprint density at radius 2 is 2.00 bits per heavy atom. The van der Waals surface area contributed by atoms with Gasteiger partial charge in [-0.3, -0.25) is 0 Å². The normalized spacial score (nSPS) is 10.1. The van der Waals surface area contributed by atoms with Crippen molar-refractivity contribution < 1.29 is 9.53 Å². The first-order valence-electron chi connectivity index (χ1n) is 5.13. The van der Waals surface area contributed by atoms with Crippen LogP contribution in [0.15, 0.2) is 41.1 Å². The molecule has 16 heavy (non-hydrogen) atoms. The fraction of sp³-hybridized carbons (Fsp3) is 0.154. The van der Waals surface area contributed by atoms with Gasteiger partial charge in [0.1, 0.15) is 5.75 Å². The van der Waals surface area contributed by atoms with Crippen LogP contribution in [0.1, 0.15) is 22.8 Å². The lowest BCUT2D eigenvalue weighted by Gasteiger charge is -2.03. The van der Waals surface area contributed by atoms with E-state index >= 15 is 0 Å². The highest BCUT2D eigenvalue weighted by molar-refractivity contribution is 7.08. The van der Waals surface area contributed by atoms with E-state index in [1.165, 1.54) is 16.9 Å². The lowest BCUT2D eigenvalue weighted by atomic mass is 10.2. The molecule has 0 radical (unpaired) electrons. The van der Waals surface area contributed by atoms with Crippen LogP contribution in [-0.4, -0.2) is 5.97 Å². The van der Waals surface area contributed by atoms with Crippen LogP contribution in [0.3, 0.4) is 0 Å². The van der Waals surface area contributed by atoms with Crippen LogP contribution in [-0.2, 0) is 6.42 Å². The van der Waals surface area contributed by atoms with Crippen LogP contribution in [0.2, 0.25) is 0 Å². The van der Waals surface area contributed by atoms with Gasteiger partial charge in [0.15, 0.2) is 0 Å². The number of carbonyl (C=O) groups excluding carboxylic acids is 1. The summed E-state index contributed by atoms with van der Waals surface area (Å²) in [4.78, 5) is 11.6. The van der Waals surface area contributed by atoms with Crippen molar-refractivity contribution in [1.82, 2.24) is 0 Å². The predicted molar refractivity (Wildman–Crippen MR) is 65.1 cm³/mol. The number of esters is 1. The minimum atomic E-state index is -0.300. The molecule has 1 aromatic carbocycles. The number of thiophene rings is 1. The van der Waals surface area contributed by atoms with E-state index < -0.39 is 0 Å². The molecule has 0 aliphatic carbocycles. The molecular formula is C13H12O2S. The molecule has 3 heteroatoms. The first-order valence-corrected chi connectivity index (χ1v) is 6.07. The van der Waals surface area contributed by atoms with Gasteiger partial charge in [-0.2, -0.15) is 11.3 Å². The van der Waals surface area contributed by atoms with Crippen molar-refractivity contribution in [3.05, 3.63) is 52.2 Å². The highest BCUT2D eigenvalue weighted by Gasteiger charge is 2.08. The summed E-state index contributed by atoms with van der Waals surface area (Å²) in [6.45, 7) is 2.09. The molecular weight excluding hydrogens is 220 g/mol. The van der Waals surface area contributed by atoms with E-state index in [0.29, 0.717) is 11.3 Å². The lowest BCUT2D eigenvalue weighted by Crippen LogP contribution is -2.06. The van der Waals surface area contributed by atoms with Crippen molar-refractivity contribution >= 4 is 17.3 Å². The Labute approximate surface area is 98.5 Å². The van der Waals surface area contributed by atoms with Crippen molar-refractivity contribution in [3.63, 3.8) is 0 Å². The first-order chi connectivity index (χ1) is 7.79. The van der Waals surface area contributed by atoms with Crippen molar-refractivity contribution in [3.8, 4) is 5.75 Å². The van der Waals surface area contributed by atoms with Gasteiger partial charge in [-0.1, -0.05) is 19.1 Å². The van der Waals surface area contributed by atoms with E-state index in [-0.39, 0.29) is 5.97 Å². The van der Waals surface area contributed by atoms with Crippen LogP contribution in [0.25, 0.3) is 0 Å². The topological polar surface area (TPSA) is 26.3 Å². The average Bonchev–Trinajstić information content (AvgIpc) is 2.83. The van der Waals surface area contributed by atoms with Crippen LogP contribution in [0, 0.1) is 0 Å². The van der Waals surface area contributed by atoms with Gasteiger partial charge >= 0.3 is 5.97 Å². The standard InChI is InChI=1S/C13H12O2S/c1-2-10-3-5-12(6-4-10)15-13(14)11-7-8-16-9-11/h3-9H,2H2,1H3. The highest BCUT2D eigenvalue weighted by Crippen LogP contribution is 2.15. The minimum Gasteiger partial charge on any atom is -0.423 e. The summed E-state index contributed by atoms with van der Waals surface area (Å²) >= 11 is 1.48. The highest BCUT2D eigenvalue weighted by atomic mass is 32.1. The lowest BCUT2D eigenvalue weighted by molar-refractivity contribution is 0.0735. The molecule has 0 unspecified atom stereocenters. The van der Waals surface area contributed by atoms with Crippen molar-refractivity contribution in [1.29, 1.82) is 0 Å². The molecule has 0 bridgehead atoms. The number of ether oxygens (including phenoxy) is 1. The molecule has 0 fully saturated rings. The summed E-state index contributed by atoms with van der Waals surface area (Å²) < 4.78 is 5.23. The molecule has 0 N–H and O–H groups in total. The number of carbonyl (C=O) groups is 1. The van der Waals surface area contributed by atoms with Gasteiger partial charge in [-0.25, -0.2) is 4.79 Å². The largest absolute Gasteiger partial charge is 0.423 e. The summed E-state index contributed by atoms with van der Waals surface area (Å²) in [5, 5.41) is 3.64. The van der Waals surface area contributed by atoms with E-state index in [0.717, 1.165) is 6.42 Å². The molecule has 1 heterocycles. The van der Waals surface area contributed by atoms with Gasteiger partial charge < -0.3 is 4.74 Å². The van der Waals surface area contributed by atoms with Crippen molar-refractivity contribution in [2.75, 3.05) is 0 Å². The average molecular weight is 232 g/mol. The molecule has 0 saturated heterocycles. The van der Waals surface area contributed by atoms with Crippen LogP contribution < -0.4 is 4.74 Å². The van der Waals surface area contributed by atoms with Gasteiger partial charge in [0.2, 0.25) is 0 Å². The zero-order valence-electron chi connectivity index (χ0n) is 8.97. The second kappa shape index (κ2) is 4.94. The van der Waals surface area contributed by atoms with Gasteiger partial charge in [-0.05, 0) is 35.6 Å². The number of rotatable bonds is 3. The molecule has 0 spiro atoms. The van der Waals surface area contributed by atoms with Gasteiger partial charge in [0, 0.05) is 5.38 Å². The summed E-state index contributed by atoms with van der Waals surface area (Å²) in [5.74, 6) is 0.291. The van der Waals surface area contributed by atoms with E-state index in [2.05, 4.69) is 6.92 Å². The molecule has 0 atom stereocenters. The quantitative estimate of drug-likeness (QED) is 0.597. The summed E-state index contributed by atoms with van der Waals surface area (Å²) in [6, 6.07) is 9.34. The number of hydrogen-bond donors (Lipinski definition) is 0. The molecule has 0 aliphatic rings. The van der Waals surface area contributed by atoms with Crippen molar-refractivity contribution in [2.45, 2.75) is 13.3 Å². The SMILES string of the molecule is CCc1ccc(OC(=O)c2ccsc2)cc1. The van der Waals surface area contributed by atoms with Crippen molar-refractivity contribution in [2.24, 2.45) is 0 Å². The fourth-order valence-electron chi connectivity index (χ4n) is 1.34. The predicted octanol–water partition coefficient (Wildman–Crippen LogP) is 3.53. The molecule has 2 aromatic rings. The van der Waals surface area contributed by atoms with E-state index in [1.807, 2.05) is 29.6 Å². The second-order valence-corrected chi connectivity index (χ2v) is 4.18. The third-order valence-corrected chi connectivity index (χ3v) is 2.98. The molecule has 82 valence electrons. The van der Waals surface area contributed by atoms with E-state index in [9.17, 15) is 4.79 Å². The number of aryl methyl sites for hydroxylation is 1. The smallest absolute Gasteiger partial charge is 0.344 e. The maximum Gasteiger partial charge on any atom is 0.344 e. The maximum atomic E-state index is 11.6. The molecule has 1 aromatic heterocycles. The molecule has 0 amide bonds. The third-order valence-electron chi connectivity index (χ3n) is 2.30.